The van der Waals surface area contributed by atoms with Crippen molar-refractivity contribution >= 4 is 20.5 Å². The molecule has 0 aromatic carbocycles. The van der Waals surface area contributed by atoms with E-state index in [0.717, 1.165) is 19.3 Å². The van der Waals surface area contributed by atoms with Gasteiger partial charge in [-0.3, -0.25) is 0 Å². The van der Waals surface area contributed by atoms with Gasteiger partial charge < -0.3 is 9.16 Å². The highest BCUT2D eigenvalue weighted by Crippen LogP contribution is 2.06. The Labute approximate surface area is 122 Å². The second-order valence-corrected chi connectivity index (χ2v) is 9.99. The van der Waals surface area contributed by atoms with Crippen molar-refractivity contribution < 1.29 is 18.8 Å². The van der Waals surface area contributed by atoms with Crippen molar-refractivity contribution in [2.24, 2.45) is 10.2 Å². The quantitative estimate of drug-likeness (QED) is 0.362. The minimum absolute atomic E-state index is 0.313. The largest absolute Gasteiger partial charge is 0.502 e. The molecule has 116 valence electrons. The number of azo groups is 1. The maximum Gasteiger partial charge on any atom is 0.452 e. The Morgan fingerprint density at radius 2 is 1.45 bits per heavy atom. The third-order valence-electron chi connectivity index (χ3n) is 2.33. The molecule has 0 atom stereocenters. The molecule has 0 saturated heterocycles. The van der Waals surface area contributed by atoms with E-state index in [4.69, 9.17) is 9.16 Å². The number of ether oxygens (including phenoxy) is 1. The topological polar surface area (TPSA) is 77.3 Å². The third kappa shape index (κ3) is 13.2. The highest BCUT2D eigenvalue weighted by molar-refractivity contribution is 6.71. The maximum atomic E-state index is 11.2. The molecule has 0 rings (SSSR count). The lowest BCUT2D eigenvalue weighted by molar-refractivity contribution is 0.151. The summed E-state index contributed by atoms with van der Waals surface area (Å²) in [6.45, 7) is 8.01. The Morgan fingerprint density at radius 1 is 0.900 bits per heavy atom. The molecule has 0 aromatic heterocycles. The Kier molecular flexibility index (Phi) is 9.88. The molecule has 0 heterocycles. The Balaban J connectivity index is 3.65. The highest BCUT2D eigenvalue weighted by Gasteiger charge is 2.19. The minimum atomic E-state index is -2.00. The summed E-state index contributed by atoms with van der Waals surface area (Å²) in [5, 5.41) is 6.34. The standard InChI is InChI=1S/C13H26N2O4Si/c1-5-6-7-8-9-10-11-18-12(16)14-15-13(17)19-20(2,3)4/h5-11H2,1-4H3/b15-14+. The molecule has 0 N–H and O–H groups in total. The number of carbonyl (C=O) groups is 2. The summed E-state index contributed by atoms with van der Waals surface area (Å²) in [7, 11) is -2.00. The molecule has 20 heavy (non-hydrogen) atoms. The van der Waals surface area contributed by atoms with Gasteiger partial charge in [0.1, 0.15) is 0 Å². The van der Waals surface area contributed by atoms with Crippen molar-refractivity contribution in [1.82, 2.24) is 0 Å². The van der Waals surface area contributed by atoms with Gasteiger partial charge in [-0.2, -0.15) is 0 Å². The van der Waals surface area contributed by atoms with Gasteiger partial charge >= 0.3 is 12.2 Å². The number of nitrogens with zero attached hydrogens (tertiary/aromatic N) is 2. The summed E-state index contributed by atoms with van der Waals surface area (Å²) in [4.78, 5) is 22.4. The van der Waals surface area contributed by atoms with Crippen molar-refractivity contribution in [2.75, 3.05) is 6.61 Å². The molecular weight excluding hydrogens is 276 g/mol. The summed E-state index contributed by atoms with van der Waals surface area (Å²) in [5.41, 5.74) is 0. The fraction of sp³-hybridized carbons (Fsp3) is 0.846. The van der Waals surface area contributed by atoms with E-state index in [1.54, 1.807) is 0 Å². The van der Waals surface area contributed by atoms with E-state index in [1.165, 1.54) is 19.3 Å². The SMILES string of the molecule is CCCCCCCCOC(=O)/N=N/C(=O)O[Si](C)(C)C. The predicted molar refractivity (Wildman–Crippen MR) is 79.4 cm³/mol. The second kappa shape index (κ2) is 10.5. The van der Waals surface area contributed by atoms with Crippen LogP contribution in [0.2, 0.25) is 19.6 Å². The van der Waals surface area contributed by atoms with Gasteiger partial charge in [0, 0.05) is 0 Å². The summed E-state index contributed by atoms with van der Waals surface area (Å²) in [6, 6.07) is 0. The summed E-state index contributed by atoms with van der Waals surface area (Å²) >= 11 is 0. The predicted octanol–water partition coefficient (Wildman–Crippen LogP) is 4.91. The van der Waals surface area contributed by atoms with Crippen LogP contribution in [-0.2, 0) is 9.16 Å². The van der Waals surface area contributed by atoms with Crippen LogP contribution < -0.4 is 0 Å². The van der Waals surface area contributed by atoms with E-state index in [-0.39, 0.29) is 0 Å². The zero-order valence-corrected chi connectivity index (χ0v) is 14.0. The van der Waals surface area contributed by atoms with Crippen LogP contribution in [-0.4, -0.2) is 27.1 Å². The van der Waals surface area contributed by atoms with E-state index < -0.39 is 20.5 Å². The number of hydrogen-bond donors (Lipinski definition) is 0. The molecule has 0 fully saturated rings. The van der Waals surface area contributed by atoms with Gasteiger partial charge in [0.2, 0.25) is 8.32 Å². The average molecular weight is 302 g/mol. The van der Waals surface area contributed by atoms with Crippen molar-refractivity contribution in [3.8, 4) is 0 Å². The zero-order chi connectivity index (χ0) is 15.4. The molecule has 0 unspecified atom stereocenters. The fourth-order valence-corrected chi connectivity index (χ4v) is 2.00. The van der Waals surface area contributed by atoms with Crippen molar-refractivity contribution in [1.29, 1.82) is 0 Å². The van der Waals surface area contributed by atoms with Gasteiger partial charge in [-0.25, -0.2) is 9.59 Å². The summed E-state index contributed by atoms with van der Waals surface area (Å²) < 4.78 is 9.83. The van der Waals surface area contributed by atoms with Gasteiger partial charge in [-0.05, 0) is 26.1 Å². The summed E-state index contributed by atoms with van der Waals surface area (Å²) in [5.74, 6) is 0. The number of rotatable bonds is 8. The second-order valence-electron chi connectivity index (χ2n) is 5.56. The average Bonchev–Trinajstić information content (AvgIpc) is 2.33. The van der Waals surface area contributed by atoms with Crippen molar-refractivity contribution in [2.45, 2.75) is 65.1 Å². The van der Waals surface area contributed by atoms with Gasteiger partial charge in [0.25, 0.3) is 0 Å². The van der Waals surface area contributed by atoms with E-state index in [1.807, 2.05) is 19.6 Å². The minimum Gasteiger partial charge on any atom is -0.502 e. The van der Waals surface area contributed by atoms with Gasteiger partial charge in [0.15, 0.2) is 0 Å². The first-order valence-electron chi connectivity index (χ1n) is 7.16. The van der Waals surface area contributed by atoms with Crippen LogP contribution in [0.5, 0.6) is 0 Å². The Bertz CT molecular complexity index is 327. The van der Waals surface area contributed by atoms with E-state index in [2.05, 4.69) is 17.2 Å². The zero-order valence-electron chi connectivity index (χ0n) is 13.0. The number of amides is 2. The van der Waals surface area contributed by atoms with Crippen LogP contribution in [0.3, 0.4) is 0 Å². The lowest BCUT2D eigenvalue weighted by Gasteiger charge is -2.13. The van der Waals surface area contributed by atoms with Crippen LogP contribution in [0.1, 0.15) is 45.4 Å². The van der Waals surface area contributed by atoms with Gasteiger partial charge in [-0.1, -0.05) is 49.3 Å². The molecule has 0 aliphatic heterocycles. The molecule has 0 aliphatic carbocycles. The first kappa shape index (κ1) is 18.8. The monoisotopic (exact) mass is 302 g/mol. The molecule has 0 spiro atoms. The van der Waals surface area contributed by atoms with Crippen molar-refractivity contribution in [3.05, 3.63) is 0 Å². The van der Waals surface area contributed by atoms with Gasteiger partial charge in [0.05, 0.1) is 6.61 Å². The van der Waals surface area contributed by atoms with E-state index in [0.29, 0.717) is 6.61 Å². The molecule has 0 radical (unpaired) electrons. The molecular formula is C13H26N2O4Si. The van der Waals surface area contributed by atoms with Crippen molar-refractivity contribution in [3.63, 3.8) is 0 Å². The van der Waals surface area contributed by atoms with E-state index >= 15 is 0 Å². The molecule has 0 saturated carbocycles. The normalized spacial score (nSPS) is 11.6. The lowest BCUT2D eigenvalue weighted by Crippen LogP contribution is -2.27. The molecule has 7 heteroatoms. The first-order chi connectivity index (χ1) is 9.35. The van der Waals surface area contributed by atoms with Crippen LogP contribution >= 0.6 is 0 Å². The third-order valence-corrected chi connectivity index (χ3v) is 3.12. The van der Waals surface area contributed by atoms with Crippen LogP contribution in [0.15, 0.2) is 10.2 Å². The summed E-state index contributed by atoms with van der Waals surface area (Å²) in [6.07, 6.45) is 4.98. The van der Waals surface area contributed by atoms with Crippen LogP contribution in [0.25, 0.3) is 0 Å². The van der Waals surface area contributed by atoms with Crippen LogP contribution in [0, 0.1) is 0 Å². The Hall–Kier alpha value is -1.24. The number of carbonyl (C=O) groups excluding carboxylic acids is 2. The molecule has 6 nitrogen and oxygen atoms in total. The van der Waals surface area contributed by atoms with Gasteiger partial charge in [-0.15, -0.1) is 0 Å². The lowest BCUT2D eigenvalue weighted by atomic mass is 10.1. The van der Waals surface area contributed by atoms with E-state index in [9.17, 15) is 9.59 Å². The fourth-order valence-electron chi connectivity index (χ4n) is 1.43. The molecule has 0 aromatic rings. The number of unbranched alkanes of at least 4 members (excludes halogenated alkanes) is 5. The number of hydrogen-bond acceptors (Lipinski definition) is 4. The Morgan fingerprint density at radius 3 is 2.05 bits per heavy atom. The smallest absolute Gasteiger partial charge is 0.452 e. The maximum absolute atomic E-state index is 11.2. The highest BCUT2D eigenvalue weighted by atomic mass is 28.4. The van der Waals surface area contributed by atoms with Crippen LogP contribution in [0.4, 0.5) is 9.59 Å². The molecule has 0 aliphatic rings. The molecule has 0 bridgehead atoms. The molecule has 2 amide bonds. The first-order valence-corrected chi connectivity index (χ1v) is 10.6.